The first-order valence-electron chi connectivity index (χ1n) is 5.14. The molecule has 0 bridgehead atoms. The van der Waals surface area contributed by atoms with E-state index in [4.69, 9.17) is 4.74 Å². The average Bonchev–Trinajstić information content (AvgIpc) is 2.40. The van der Waals surface area contributed by atoms with Crippen molar-refractivity contribution in [2.45, 2.75) is 9.92 Å². The highest BCUT2D eigenvalue weighted by Crippen LogP contribution is 2.27. The van der Waals surface area contributed by atoms with Gasteiger partial charge in [-0.2, -0.15) is 0 Å². The van der Waals surface area contributed by atoms with Crippen LogP contribution in [0.4, 0.5) is 5.95 Å². The Morgan fingerprint density at radius 1 is 1.18 bits per heavy atom. The fourth-order valence-electron chi connectivity index (χ4n) is 1.28. The predicted molar refractivity (Wildman–Crippen MR) is 68.7 cm³/mol. The van der Waals surface area contributed by atoms with Crippen molar-refractivity contribution in [3.8, 4) is 5.75 Å². The number of anilines is 1. The molecule has 2 aromatic rings. The van der Waals surface area contributed by atoms with Crippen LogP contribution in [-0.4, -0.2) is 24.1 Å². The van der Waals surface area contributed by atoms with Crippen molar-refractivity contribution in [1.29, 1.82) is 0 Å². The molecule has 1 aromatic heterocycles. The molecule has 17 heavy (non-hydrogen) atoms. The standard InChI is InChI=1S/C12H13N3OS/c1-13-12-14-8-7-11(15-12)17-10-5-3-9(16-2)4-6-10/h3-8H,1-2H3,(H,13,14,15). The largest absolute Gasteiger partial charge is 0.497 e. The summed E-state index contributed by atoms with van der Waals surface area (Å²) in [7, 11) is 3.46. The van der Waals surface area contributed by atoms with Gasteiger partial charge >= 0.3 is 0 Å². The van der Waals surface area contributed by atoms with E-state index in [0.717, 1.165) is 15.7 Å². The molecule has 0 aliphatic heterocycles. The number of rotatable bonds is 4. The highest BCUT2D eigenvalue weighted by atomic mass is 32.2. The van der Waals surface area contributed by atoms with Crippen molar-refractivity contribution >= 4 is 17.7 Å². The maximum absolute atomic E-state index is 5.11. The lowest BCUT2D eigenvalue weighted by Crippen LogP contribution is -1.95. The van der Waals surface area contributed by atoms with Gasteiger partial charge in [-0.15, -0.1) is 0 Å². The van der Waals surface area contributed by atoms with Crippen molar-refractivity contribution in [3.05, 3.63) is 36.5 Å². The highest BCUT2D eigenvalue weighted by molar-refractivity contribution is 7.99. The van der Waals surface area contributed by atoms with Gasteiger partial charge < -0.3 is 10.1 Å². The molecular formula is C12H13N3OS. The Kier molecular flexibility index (Phi) is 3.82. The summed E-state index contributed by atoms with van der Waals surface area (Å²) in [6.45, 7) is 0. The lowest BCUT2D eigenvalue weighted by molar-refractivity contribution is 0.414. The zero-order chi connectivity index (χ0) is 12.1. The number of nitrogens with one attached hydrogen (secondary N) is 1. The molecule has 88 valence electrons. The van der Waals surface area contributed by atoms with E-state index in [-0.39, 0.29) is 0 Å². The Morgan fingerprint density at radius 2 is 1.94 bits per heavy atom. The summed E-state index contributed by atoms with van der Waals surface area (Å²) < 4.78 is 5.11. The summed E-state index contributed by atoms with van der Waals surface area (Å²) in [4.78, 5) is 9.53. The first-order chi connectivity index (χ1) is 8.31. The Hall–Kier alpha value is -1.75. The molecule has 2 rings (SSSR count). The Labute approximate surface area is 104 Å². The average molecular weight is 247 g/mol. The van der Waals surface area contributed by atoms with E-state index in [0.29, 0.717) is 5.95 Å². The zero-order valence-electron chi connectivity index (χ0n) is 9.68. The van der Waals surface area contributed by atoms with Crippen molar-refractivity contribution in [2.24, 2.45) is 0 Å². The van der Waals surface area contributed by atoms with Crippen LogP contribution in [0.25, 0.3) is 0 Å². The van der Waals surface area contributed by atoms with Gasteiger partial charge in [0.25, 0.3) is 0 Å². The Bertz CT molecular complexity index is 487. The molecule has 0 radical (unpaired) electrons. The fraction of sp³-hybridized carbons (Fsp3) is 0.167. The smallest absolute Gasteiger partial charge is 0.223 e. The van der Waals surface area contributed by atoms with Crippen LogP contribution in [0.15, 0.2) is 46.5 Å². The van der Waals surface area contributed by atoms with Crippen LogP contribution in [0.5, 0.6) is 5.75 Å². The lowest BCUT2D eigenvalue weighted by atomic mass is 10.3. The first-order valence-corrected chi connectivity index (χ1v) is 5.96. The predicted octanol–water partition coefficient (Wildman–Crippen LogP) is 2.68. The van der Waals surface area contributed by atoms with Crippen LogP contribution in [0, 0.1) is 0 Å². The normalized spacial score (nSPS) is 10.0. The lowest BCUT2D eigenvalue weighted by Gasteiger charge is -2.04. The summed E-state index contributed by atoms with van der Waals surface area (Å²) in [6.07, 6.45) is 1.74. The monoisotopic (exact) mass is 247 g/mol. The molecule has 0 aliphatic carbocycles. The van der Waals surface area contributed by atoms with E-state index in [1.165, 1.54) is 0 Å². The molecule has 1 heterocycles. The minimum absolute atomic E-state index is 0.628. The van der Waals surface area contributed by atoms with E-state index in [1.54, 1.807) is 32.1 Å². The molecule has 0 spiro atoms. The molecule has 1 N–H and O–H groups in total. The van der Waals surface area contributed by atoms with Crippen LogP contribution >= 0.6 is 11.8 Å². The number of methoxy groups -OCH3 is 1. The minimum Gasteiger partial charge on any atom is -0.497 e. The summed E-state index contributed by atoms with van der Waals surface area (Å²) in [5.74, 6) is 1.48. The molecular weight excluding hydrogens is 234 g/mol. The molecule has 0 saturated heterocycles. The Balaban J connectivity index is 2.13. The van der Waals surface area contributed by atoms with Crippen LogP contribution in [0.3, 0.4) is 0 Å². The van der Waals surface area contributed by atoms with Gasteiger partial charge in [-0.3, -0.25) is 0 Å². The van der Waals surface area contributed by atoms with Gasteiger partial charge in [0, 0.05) is 18.1 Å². The third kappa shape index (κ3) is 3.10. The van der Waals surface area contributed by atoms with E-state index < -0.39 is 0 Å². The van der Waals surface area contributed by atoms with Gasteiger partial charge in [-0.25, -0.2) is 9.97 Å². The molecule has 1 aromatic carbocycles. The summed E-state index contributed by atoms with van der Waals surface area (Å²) in [6, 6.07) is 9.76. The summed E-state index contributed by atoms with van der Waals surface area (Å²) in [5, 5.41) is 3.83. The van der Waals surface area contributed by atoms with Crippen LogP contribution < -0.4 is 10.1 Å². The number of hydrogen-bond donors (Lipinski definition) is 1. The molecule has 0 unspecified atom stereocenters. The van der Waals surface area contributed by atoms with Crippen LogP contribution in [-0.2, 0) is 0 Å². The van der Waals surface area contributed by atoms with Gasteiger partial charge in [-0.1, -0.05) is 11.8 Å². The number of hydrogen-bond acceptors (Lipinski definition) is 5. The zero-order valence-corrected chi connectivity index (χ0v) is 10.5. The van der Waals surface area contributed by atoms with E-state index in [2.05, 4.69) is 15.3 Å². The number of ether oxygens (including phenoxy) is 1. The number of aromatic nitrogens is 2. The van der Waals surface area contributed by atoms with E-state index in [9.17, 15) is 0 Å². The van der Waals surface area contributed by atoms with Gasteiger partial charge in [0.15, 0.2) is 0 Å². The Morgan fingerprint density at radius 3 is 2.59 bits per heavy atom. The molecule has 0 amide bonds. The van der Waals surface area contributed by atoms with Crippen LogP contribution in [0.1, 0.15) is 0 Å². The third-order valence-corrected chi connectivity index (χ3v) is 3.08. The second-order valence-electron chi connectivity index (χ2n) is 3.25. The fourth-order valence-corrected chi connectivity index (χ4v) is 2.06. The van der Waals surface area contributed by atoms with Crippen molar-refractivity contribution in [3.63, 3.8) is 0 Å². The minimum atomic E-state index is 0.628. The molecule has 0 fully saturated rings. The van der Waals surface area contributed by atoms with Crippen molar-refractivity contribution in [1.82, 2.24) is 9.97 Å². The quantitative estimate of drug-likeness (QED) is 0.842. The SMILES string of the molecule is CNc1nccc(Sc2ccc(OC)cc2)n1. The van der Waals surface area contributed by atoms with Gasteiger partial charge in [0.1, 0.15) is 10.8 Å². The van der Waals surface area contributed by atoms with Gasteiger partial charge in [0.2, 0.25) is 5.95 Å². The number of nitrogens with zero attached hydrogens (tertiary/aromatic N) is 2. The number of benzene rings is 1. The van der Waals surface area contributed by atoms with Crippen LogP contribution in [0.2, 0.25) is 0 Å². The topological polar surface area (TPSA) is 47.0 Å². The molecule has 0 aliphatic rings. The summed E-state index contributed by atoms with van der Waals surface area (Å²) in [5.41, 5.74) is 0. The van der Waals surface area contributed by atoms with Gasteiger partial charge in [-0.05, 0) is 30.3 Å². The van der Waals surface area contributed by atoms with E-state index in [1.807, 2.05) is 30.3 Å². The van der Waals surface area contributed by atoms with Gasteiger partial charge in [0.05, 0.1) is 7.11 Å². The van der Waals surface area contributed by atoms with Crippen molar-refractivity contribution in [2.75, 3.05) is 19.5 Å². The molecule has 0 atom stereocenters. The molecule has 4 nitrogen and oxygen atoms in total. The second-order valence-corrected chi connectivity index (χ2v) is 4.34. The third-order valence-electron chi connectivity index (χ3n) is 2.14. The first kappa shape index (κ1) is 11.7. The van der Waals surface area contributed by atoms with E-state index >= 15 is 0 Å². The molecule has 5 heteroatoms. The van der Waals surface area contributed by atoms with Crippen molar-refractivity contribution < 1.29 is 4.74 Å². The second kappa shape index (κ2) is 5.54. The maximum atomic E-state index is 5.11. The molecule has 0 saturated carbocycles. The maximum Gasteiger partial charge on any atom is 0.223 e. The summed E-state index contributed by atoms with van der Waals surface area (Å²) >= 11 is 1.59. The highest BCUT2D eigenvalue weighted by Gasteiger charge is 2.01.